The van der Waals surface area contributed by atoms with Crippen molar-refractivity contribution < 1.29 is 4.79 Å². The van der Waals surface area contributed by atoms with Crippen LogP contribution in [0.15, 0.2) is 29.3 Å². The molecule has 3 aliphatic rings. The van der Waals surface area contributed by atoms with Gasteiger partial charge in [-0.1, -0.05) is 43.5 Å². The fourth-order valence-electron chi connectivity index (χ4n) is 5.87. The molecule has 1 aliphatic carbocycles. The van der Waals surface area contributed by atoms with E-state index in [0.29, 0.717) is 5.41 Å². The number of benzene rings is 1. The number of carbonyl (C=O) groups is 1. The molecule has 1 aromatic rings. The van der Waals surface area contributed by atoms with Gasteiger partial charge >= 0.3 is 0 Å². The summed E-state index contributed by atoms with van der Waals surface area (Å²) in [4.78, 5) is 21.0. The van der Waals surface area contributed by atoms with Crippen LogP contribution in [-0.2, 0) is 17.9 Å². The number of carbonyl (C=O) groups excluding carboxylic acids is 1. The normalized spacial score (nSPS) is 23.7. The Kier molecular flexibility index (Phi) is 9.22. The minimum absolute atomic E-state index is 0. The highest BCUT2D eigenvalue weighted by Crippen LogP contribution is 2.43. The summed E-state index contributed by atoms with van der Waals surface area (Å²) in [6.07, 6.45) is 10.2. The van der Waals surface area contributed by atoms with Gasteiger partial charge in [0.15, 0.2) is 5.96 Å². The molecule has 0 aromatic heterocycles. The molecule has 1 amide bonds. The molecule has 2 saturated heterocycles. The van der Waals surface area contributed by atoms with Crippen LogP contribution in [0.25, 0.3) is 0 Å². The van der Waals surface area contributed by atoms with Crippen molar-refractivity contribution >= 4 is 35.8 Å². The number of amides is 1. The van der Waals surface area contributed by atoms with Crippen molar-refractivity contribution in [1.29, 1.82) is 0 Å². The number of hydrogen-bond donors (Lipinski definition) is 2. The summed E-state index contributed by atoms with van der Waals surface area (Å²) >= 11 is 0. The molecular weight excluding hydrogens is 513 g/mol. The van der Waals surface area contributed by atoms with Gasteiger partial charge in [0.1, 0.15) is 0 Å². The third-order valence-corrected chi connectivity index (χ3v) is 7.62. The Hall–Kier alpha value is -1.35. The minimum Gasteiger partial charge on any atom is -0.369 e. The lowest BCUT2D eigenvalue weighted by Crippen LogP contribution is -2.41. The molecule has 1 unspecified atom stereocenters. The number of primary amides is 1. The zero-order valence-electron chi connectivity index (χ0n) is 19.5. The van der Waals surface area contributed by atoms with E-state index in [2.05, 4.69) is 44.4 Å². The Bertz CT molecular complexity index is 792. The molecule has 0 bridgehead atoms. The van der Waals surface area contributed by atoms with Gasteiger partial charge in [-0.05, 0) is 55.2 Å². The van der Waals surface area contributed by atoms with E-state index < -0.39 is 0 Å². The van der Waals surface area contributed by atoms with E-state index in [0.717, 1.165) is 58.1 Å². The van der Waals surface area contributed by atoms with Gasteiger partial charge in [-0.15, -0.1) is 24.0 Å². The van der Waals surface area contributed by atoms with Crippen molar-refractivity contribution in [3.05, 3.63) is 35.4 Å². The first kappa shape index (κ1) is 25.3. The standard InChI is InChI=1S/C25H39N5O.HI/c1-27-24(30-14-12-25(19-30)10-3-2-4-11-25)28-16-20-7-5-8-21(15-20)17-29-13-6-9-22(18-29)23(26)31;/h5,7-8,15,22H,2-4,6,9-14,16-19H2,1H3,(H2,26,31)(H,27,28);1H. The van der Waals surface area contributed by atoms with Crippen LogP contribution in [-0.4, -0.2) is 54.9 Å². The molecule has 1 atom stereocenters. The minimum atomic E-state index is -0.161. The summed E-state index contributed by atoms with van der Waals surface area (Å²) in [6, 6.07) is 8.77. The maximum Gasteiger partial charge on any atom is 0.221 e. The van der Waals surface area contributed by atoms with Gasteiger partial charge in [-0.2, -0.15) is 0 Å². The summed E-state index contributed by atoms with van der Waals surface area (Å²) < 4.78 is 0. The van der Waals surface area contributed by atoms with E-state index in [1.807, 2.05) is 7.05 Å². The lowest BCUT2D eigenvalue weighted by atomic mass is 9.73. The van der Waals surface area contributed by atoms with Crippen LogP contribution in [0, 0.1) is 11.3 Å². The van der Waals surface area contributed by atoms with Crippen molar-refractivity contribution in [2.75, 3.05) is 33.2 Å². The number of likely N-dealkylation sites (tertiary alicyclic amines) is 2. The molecule has 3 fully saturated rings. The van der Waals surface area contributed by atoms with Crippen molar-refractivity contribution in [1.82, 2.24) is 15.1 Å². The van der Waals surface area contributed by atoms with E-state index >= 15 is 0 Å². The zero-order chi connectivity index (χ0) is 21.7. The fourth-order valence-corrected chi connectivity index (χ4v) is 5.87. The van der Waals surface area contributed by atoms with Gasteiger partial charge in [0.25, 0.3) is 0 Å². The van der Waals surface area contributed by atoms with Gasteiger partial charge in [-0.25, -0.2) is 0 Å². The van der Waals surface area contributed by atoms with Crippen LogP contribution < -0.4 is 11.1 Å². The lowest BCUT2D eigenvalue weighted by Gasteiger charge is -2.33. The van der Waals surface area contributed by atoms with E-state index in [9.17, 15) is 4.79 Å². The molecule has 1 saturated carbocycles. The molecule has 2 heterocycles. The largest absolute Gasteiger partial charge is 0.369 e. The van der Waals surface area contributed by atoms with Crippen molar-refractivity contribution in [3.8, 4) is 0 Å². The molecule has 178 valence electrons. The van der Waals surface area contributed by atoms with Gasteiger partial charge in [-0.3, -0.25) is 14.7 Å². The van der Waals surface area contributed by atoms with Gasteiger partial charge < -0.3 is 16.0 Å². The molecule has 1 spiro atoms. The predicted octanol–water partition coefficient (Wildman–Crippen LogP) is 3.73. The molecular formula is C25H40IN5O. The number of nitrogens with zero attached hydrogens (tertiary/aromatic N) is 3. The zero-order valence-corrected chi connectivity index (χ0v) is 21.9. The first-order chi connectivity index (χ1) is 15.1. The number of rotatable bonds is 5. The highest BCUT2D eigenvalue weighted by atomic mass is 127. The molecule has 2 aliphatic heterocycles. The fraction of sp³-hybridized carbons (Fsp3) is 0.680. The molecule has 32 heavy (non-hydrogen) atoms. The Morgan fingerprint density at radius 3 is 2.69 bits per heavy atom. The van der Waals surface area contributed by atoms with Crippen LogP contribution in [0.5, 0.6) is 0 Å². The average molecular weight is 554 g/mol. The Morgan fingerprint density at radius 1 is 1.16 bits per heavy atom. The molecule has 7 heteroatoms. The summed E-state index contributed by atoms with van der Waals surface area (Å²) in [5.74, 6) is 0.869. The van der Waals surface area contributed by atoms with Crippen LogP contribution >= 0.6 is 24.0 Å². The molecule has 6 nitrogen and oxygen atoms in total. The smallest absolute Gasteiger partial charge is 0.221 e. The number of nitrogens with two attached hydrogens (primary N) is 1. The number of aliphatic imine (C=N–C) groups is 1. The van der Waals surface area contributed by atoms with E-state index in [1.165, 1.54) is 49.7 Å². The third-order valence-electron chi connectivity index (χ3n) is 7.62. The number of hydrogen-bond acceptors (Lipinski definition) is 3. The van der Waals surface area contributed by atoms with Crippen LogP contribution in [0.3, 0.4) is 0 Å². The predicted molar refractivity (Wildman–Crippen MR) is 141 cm³/mol. The average Bonchev–Trinajstić information content (AvgIpc) is 3.18. The second-order valence-electron chi connectivity index (χ2n) is 9.93. The first-order valence-electron chi connectivity index (χ1n) is 12.1. The lowest BCUT2D eigenvalue weighted by molar-refractivity contribution is -0.123. The van der Waals surface area contributed by atoms with E-state index in [-0.39, 0.29) is 35.8 Å². The SMILES string of the molecule is CN=C(NCc1cccc(CN2CCCC(C(N)=O)C2)c1)N1CCC2(CCCCC2)C1.I. The van der Waals surface area contributed by atoms with E-state index in [4.69, 9.17) is 5.73 Å². The number of nitrogens with one attached hydrogen (secondary N) is 1. The second kappa shape index (κ2) is 11.7. The highest BCUT2D eigenvalue weighted by Gasteiger charge is 2.39. The second-order valence-corrected chi connectivity index (χ2v) is 9.93. The summed E-state index contributed by atoms with van der Waals surface area (Å²) in [7, 11) is 1.90. The summed E-state index contributed by atoms with van der Waals surface area (Å²) in [5, 5.41) is 3.60. The molecule has 4 rings (SSSR count). The highest BCUT2D eigenvalue weighted by molar-refractivity contribution is 14.0. The first-order valence-corrected chi connectivity index (χ1v) is 12.1. The topological polar surface area (TPSA) is 74.0 Å². The Morgan fingerprint density at radius 2 is 1.94 bits per heavy atom. The quantitative estimate of drug-likeness (QED) is 0.331. The number of piperidine rings is 1. The summed E-state index contributed by atoms with van der Waals surface area (Å²) in [5.41, 5.74) is 8.64. The number of guanidine groups is 1. The maximum absolute atomic E-state index is 11.6. The molecule has 1 aromatic carbocycles. The van der Waals surface area contributed by atoms with Crippen molar-refractivity contribution in [2.45, 2.75) is 64.5 Å². The van der Waals surface area contributed by atoms with Gasteiger partial charge in [0, 0.05) is 39.8 Å². The molecule has 0 radical (unpaired) electrons. The number of halogens is 1. The third kappa shape index (κ3) is 6.37. The van der Waals surface area contributed by atoms with Crippen molar-refractivity contribution in [3.63, 3.8) is 0 Å². The maximum atomic E-state index is 11.6. The van der Waals surface area contributed by atoms with Crippen LogP contribution in [0.1, 0.15) is 62.5 Å². The monoisotopic (exact) mass is 553 g/mol. The molecule has 3 N–H and O–H groups in total. The summed E-state index contributed by atoms with van der Waals surface area (Å²) in [6.45, 7) is 5.75. The van der Waals surface area contributed by atoms with Gasteiger partial charge in [0.05, 0.1) is 5.92 Å². The Labute approximate surface area is 210 Å². The van der Waals surface area contributed by atoms with Gasteiger partial charge in [0.2, 0.25) is 5.91 Å². The van der Waals surface area contributed by atoms with Crippen molar-refractivity contribution in [2.24, 2.45) is 22.1 Å². The Balaban J connectivity index is 0.00000289. The van der Waals surface area contributed by atoms with Crippen LogP contribution in [0.2, 0.25) is 0 Å². The van der Waals surface area contributed by atoms with Crippen LogP contribution in [0.4, 0.5) is 0 Å². The van der Waals surface area contributed by atoms with E-state index in [1.54, 1.807) is 0 Å².